The van der Waals surface area contributed by atoms with Gasteiger partial charge >= 0.3 is 0 Å². The molecule has 0 saturated heterocycles. The number of rotatable bonds is 4. The van der Waals surface area contributed by atoms with Gasteiger partial charge in [0.15, 0.2) is 0 Å². The van der Waals surface area contributed by atoms with Crippen molar-refractivity contribution in [1.29, 1.82) is 0 Å². The standard InChI is InChI=1S/C18H26N2O/c21-17(12-11-14-6-2-1-3-7-14)20-16-10-4-8-15-9-5-13-19-18(15)16/h4,8,10,14,19H,1-3,5-7,9,11-13H2,(H,20,21). The van der Waals surface area contributed by atoms with E-state index in [4.69, 9.17) is 0 Å². The van der Waals surface area contributed by atoms with Crippen molar-refractivity contribution in [3.8, 4) is 0 Å². The average molecular weight is 286 g/mol. The van der Waals surface area contributed by atoms with Gasteiger partial charge in [0.2, 0.25) is 5.91 Å². The first-order valence-electron chi connectivity index (χ1n) is 8.48. The normalized spacial score (nSPS) is 18.7. The first-order valence-corrected chi connectivity index (χ1v) is 8.48. The monoisotopic (exact) mass is 286 g/mol. The third-order valence-corrected chi connectivity index (χ3v) is 4.85. The van der Waals surface area contributed by atoms with Crippen LogP contribution in [0.15, 0.2) is 18.2 Å². The van der Waals surface area contributed by atoms with Crippen molar-refractivity contribution in [2.24, 2.45) is 5.92 Å². The lowest BCUT2D eigenvalue weighted by atomic mass is 9.86. The number of hydrogen-bond acceptors (Lipinski definition) is 2. The molecular weight excluding hydrogens is 260 g/mol. The van der Waals surface area contributed by atoms with Crippen molar-refractivity contribution in [1.82, 2.24) is 0 Å². The molecule has 114 valence electrons. The van der Waals surface area contributed by atoms with E-state index in [2.05, 4.69) is 16.7 Å². The fraction of sp³-hybridized carbons (Fsp3) is 0.611. The van der Waals surface area contributed by atoms with E-state index in [9.17, 15) is 4.79 Å². The van der Waals surface area contributed by atoms with Crippen molar-refractivity contribution in [2.45, 2.75) is 57.8 Å². The largest absolute Gasteiger partial charge is 0.383 e. The second-order valence-corrected chi connectivity index (χ2v) is 6.46. The highest BCUT2D eigenvalue weighted by molar-refractivity contribution is 5.94. The predicted octanol–water partition coefficient (Wildman–Crippen LogP) is 4.34. The summed E-state index contributed by atoms with van der Waals surface area (Å²) < 4.78 is 0. The number of carbonyl (C=O) groups excluding carboxylic acids is 1. The highest BCUT2D eigenvalue weighted by Crippen LogP contribution is 2.31. The Balaban J connectivity index is 1.55. The molecule has 1 fully saturated rings. The molecule has 0 spiro atoms. The third kappa shape index (κ3) is 3.78. The molecule has 3 nitrogen and oxygen atoms in total. The van der Waals surface area contributed by atoms with Gasteiger partial charge in [-0.3, -0.25) is 4.79 Å². The Morgan fingerprint density at radius 3 is 2.90 bits per heavy atom. The average Bonchev–Trinajstić information content (AvgIpc) is 2.54. The molecular formula is C18H26N2O. The molecule has 1 amide bonds. The van der Waals surface area contributed by atoms with Crippen LogP contribution in [0.4, 0.5) is 11.4 Å². The zero-order valence-electron chi connectivity index (χ0n) is 12.8. The van der Waals surface area contributed by atoms with Crippen molar-refractivity contribution >= 4 is 17.3 Å². The third-order valence-electron chi connectivity index (χ3n) is 4.85. The van der Waals surface area contributed by atoms with Crippen LogP contribution in [0.3, 0.4) is 0 Å². The molecule has 0 atom stereocenters. The molecule has 0 unspecified atom stereocenters. The van der Waals surface area contributed by atoms with Crippen LogP contribution in [-0.4, -0.2) is 12.5 Å². The van der Waals surface area contributed by atoms with E-state index in [1.54, 1.807) is 0 Å². The van der Waals surface area contributed by atoms with Gasteiger partial charge in [-0.2, -0.15) is 0 Å². The molecule has 2 N–H and O–H groups in total. The van der Waals surface area contributed by atoms with E-state index in [1.165, 1.54) is 44.1 Å². The highest BCUT2D eigenvalue weighted by atomic mass is 16.1. The van der Waals surface area contributed by atoms with Crippen LogP contribution in [0.1, 0.15) is 56.9 Å². The van der Waals surface area contributed by atoms with Crippen LogP contribution in [0.5, 0.6) is 0 Å². The molecule has 3 heteroatoms. The summed E-state index contributed by atoms with van der Waals surface area (Å²) in [4.78, 5) is 12.2. The Bertz CT molecular complexity index is 492. The minimum atomic E-state index is 0.168. The topological polar surface area (TPSA) is 41.1 Å². The number of carbonyl (C=O) groups is 1. The van der Waals surface area contributed by atoms with Gasteiger partial charge < -0.3 is 10.6 Å². The van der Waals surface area contributed by atoms with Crippen molar-refractivity contribution in [3.63, 3.8) is 0 Å². The molecule has 0 radical (unpaired) electrons. The fourth-order valence-electron chi connectivity index (χ4n) is 3.64. The molecule has 1 aliphatic heterocycles. The molecule has 1 aliphatic carbocycles. The number of fused-ring (bicyclic) bond motifs is 1. The number of para-hydroxylation sites is 1. The summed E-state index contributed by atoms with van der Waals surface area (Å²) in [5.41, 5.74) is 3.42. The van der Waals surface area contributed by atoms with Crippen LogP contribution in [0.25, 0.3) is 0 Å². The van der Waals surface area contributed by atoms with E-state index in [-0.39, 0.29) is 5.91 Å². The fourth-order valence-corrected chi connectivity index (χ4v) is 3.64. The van der Waals surface area contributed by atoms with E-state index in [0.29, 0.717) is 6.42 Å². The summed E-state index contributed by atoms with van der Waals surface area (Å²) >= 11 is 0. The lowest BCUT2D eigenvalue weighted by molar-refractivity contribution is -0.116. The maximum Gasteiger partial charge on any atom is 0.224 e. The zero-order chi connectivity index (χ0) is 14.5. The minimum absolute atomic E-state index is 0.168. The van der Waals surface area contributed by atoms with Crippen molar-refractivity contribution in [3.05, 3.63) is 23.8 Å². The molecule has 1 aromatic carbocycles. The van der Waals surface area contributed by atoms with Gasteiger partial charge in [-0.05, 0) is 36.8 Å². The summed E-state index contributed by atoms with van der Waals surface area (Å²) in [6.07, 6.45) is 10.7. The maximum atomic E-state index is 12.2. The number of nitrogens with one attached hydrogen (secondary N) is 2. The summed E-state index contributed by atoms with van der Waals surface area (Å²) in [7, 11) is 0. The second-order valence-electron chi connectivity index (χ2n) is 6.46. The van der Waals surface area contributed by atoms with Gasteiger partial charge in [-0.1, -0.05) is 44.2 Å². The molecule has 1 heterocycles. The molecule has 3 rings (SSSR count). The molecule has 1 aromatic rings. The summed E-state index contributed by atoms with van der Waals surface area (Å²) in [6, 6.07) is 6.21. The van der Waals surface area contributed by atoms with Crippen LogP contribution < -0.4 is 10.6 Å². The Labute approximate surface area is 127 Å². The Morgan fingerprint density at radius 2 is 2.05 bits per heavy atom. The van der Waals surface area contributed by atoms with Crippen LogP contribution >= 0.6 is 0 Å². The quantitative estimate of drug-likeness (QED) is 0.864. The molecule has 21 heavy (non-hydrogen) atoms. The van der Waals surface area contributed by atoms with Crippen molar-refractivity contribution < 1.29 is 4.79 Å². The van der Waals surface area contributed by atoms with E-state index < -0.39 is 0 Å². The Morgan fingerprint density at radius 1 is 1.19 bits per heavy atom. The lowest BCUT2D eigenvalue weighted by Gasteiger charge is -2.22. The first-order chi connectivity index (χ1) is 10.3. The number of aryl methyl sites for hydroxylation is 1. The number of hydrogen-bond donors (Lipinski definition) is 2. The summed E-state index contributed by atoms with van der Waals surface area (Å²) in [6.45, 7) is 1.00. The summed E-state index contributed by atoms with van der Waals surface area (Å²) in [5, 5.41) is 6.54. The van der Waals surface area contributed by atoms with Crippen LogP contribution in [0.2, 0.25) is 0 Å². The van der Waals surface area contributed by atoms with Gasteiger partial charge in [0.05, 0.1) is 11.4 Å². The molecule has 2 aliphatic rings. The van der Waals surface area contributed by atoms with Gasteiger partial charge in [0.1, 0.15) is 0 Å². The van der Waals surface area contributed by atoms with Crippen LogP contribution in [-0.2, 0) is 11.2 Å². The Kier molecular flexibility index (Phi) is 4.79. The van der Waals surface area contributed by atoms with Gasteiger partial charge in [-0.25, -0.2) is 0 Å². The van der Waals surface area contributed by atoms with Gasteiger partial charge in [0.25, 0.3) is 0 Å². The number of anilines is 2. The van der Waals surface area contributed by atoms with Crippen molar-refractivity contribution in [2.75, 3.05) is 17.2 Å². The smallest absolute Gasteiger partial charge is 0.224 e. The Hall–Kier alpha value is -1.51. The summed E-state index contributed by atoms with van der Waals surface area (Å²) in [5.74, 6) is 0.939. The SMILES string of the molecule is O=C(CCC1CCCCC1)Nc1cccc2c1NCCC2. The van der Waals surface area contributed by atoms with Crippen LogP contribution in [0, 0.1) is 5.92 Å². The second kappa shape index (κ2) is 6.97. The van der Waals surface area contributed by atoms with E-state index in [1.807, 2.05) is 12.1 Å². The lowest BCUT2D eigenvalue weighted by Crippen LogP contribution is -2.18. The zero-order valence-corrected chi connectivity index (χ0v) is 12.8. The van der Waals surface area contributed by atoms with Gasteiger partial charge in [-0.15, -0.1) is 0 Å². The number of benzene rings is 1. The first kappa shape index (κ1) is 14.4. The minimum Gasteiger partial charge on any atom is -0.383 e. The molecule has 0 aromatic heterocycles. The molecule has 0 bridgehead atoms. The van der Waals surface area contributed by atoms with Gasteiger partial charge in [0, 0.05) is 13.0 Å². The number of amides is 1. The van der Waals surface area contributed by atoms with E-state index in [0.717, 1.165) is 36.7 Å². The maximum absolute atomic E-state index is 12.2. The highest BCUT2D eigenvalue weighted by Gasteiger charge is 2.17. The van der Waals surface area contributed by atoms with E-state index >= 15 is 0 Å². The predicted molar refractivity (Wildman–Crippen MR) is 87.7 cm³/mol. The molecule has 1 saturated carbocycles.